The number of aromatic nitrogens is 3. The van der Waals surface area contributed by atoms with Gasteiger partial charge in [0.05, 0.1) is 11.4 Å². The zero-order valence-corrected chi connectivity index (χ0v) is 12.5. The van der Waals surface area contributed by atoms with Crippen molar-refractivity contribution in [2.75, 3.05) is 5.32 Å². The van der Waals surface area contributed by atoms with E-state index in [9.17, 15) is 4.79 Å². The molecular weight excluding hydrogens is 276 g/mol. The molecule has 0 unspecified atom stereocenters. The second-order valence-electron chi connectivity index (χ2n) is 4.68. The first kappa shape index (κ1) is 14.5. The standard InChI is InChI=1S/C14H17ClN4O/c1-4-5-11-6-10(7-13(15)16-11)14(20)17-12-8-19(3)18-9(12)2/h6-8H,4-5H2,1-3H3,(H,17,20). The smallest absolute Gasteiger partial charge is 0.255 e. The molecule has 0 aliphatic heterocycles. The molecule has 0 aromatic carbocycles. The fourth-order valence-electron chi connectivity index (χ4n) is 1.98. The monoisotopic (exact) mass is 292 g/mol. The Hall–Kier alpha value is -1.88. The van der Waals surface area contributed by atoms with Crippen LogP contribution in [0.1, 0.15) is 35.1 Å². The van der Waals surface area contributed by atoms with Crippen LogP contribution in [0.25, 0.3) is 0 Å². The molecule has 106 valence electrons. The van der Waals surface area contributed by atoms with E-state index in [2.05, 4.69) is 22.3 Å². The highest BCUT2D eigenvalue weighted by Crippen LogP contribution is 2.16. The van der Waals surface area contributed by atoms with Gasteiger partial charge in [0.25, 0.3) is 5.91 Å². The maximum absolute atomic E-state index is 12.2. The summed E-state index contributed by atoms with van der Waals surface area (Å²) < 4.78 is 1.66. The van der Waals surface area contributed by atoms with E-state index in [0.29, 0.717) is 16.4 Å². The van der Waals surface area contributed by atoms with Gasteiger partial charge in [0.1, 0.15) is 5.15 Å². The lowest BCUT2D eigenvalue weighted by atomic mass is 10.1. The first-order valence-electron chi connectivity index (χ1n) is 6.47. The Kier molecular flexibility index (Phi) is 4.39. The molecule has 5 nitrogen and oxygen atoms in total. The molecule has 0 fully saturated rings. The van der Waals surface area contributed by atoms with Gasteiger partial charge in [-0.3, -0.25) is 9.48 Å². The maximum Gasteiger partial charge on any atom is 0.255 e. The molecule has 1 amide bonds. The van der Waals surface area contributed by atoms with E-state index < -0.39 is 0 Å². The number of nitrogens with one attached hydrogen (secondary N) is 1. The van der Waals surface area contributed by atoms with Gasteiger partial charge in [0.15, 0.2) is 0 Å². The van der Waals surface area contributed by atoms with Crippen molar-refractivity contribution in [3.05, 3.63) is 40.4 Å². The van der Waals surface area contributed by atoms with Crippen LogP contribution in [0.2, 0.25) is 5.15 Å². The highest BCUT2D eigenvalue weighted by atomic mass is 35.5. The fourth-order valence-corrected chi connectivity index (χ4v) is 2.21. The highest BCUT2D eigenvalue weighted by molar-refractivity contribution is 6.29. The van der Waals surface area contributed by atoms with E-state index in [1.54, 1.807) is 23.0 Å². The zero-order chi connectivity index (χ0) is 14.7. The topological polar surface area (TPSA) is 59.8 Å². The Morgan fingerprint density at radius 2 is 2.20 bits per heavy atom. The third kappa shape index (κ3) is 3.36. The summed E-state index contributed by atoms with van der Waals surface area (Å²) in [5.41, 5.74) is 2.81. The molecule has 0 saturated carbocycles. The molecule has 0 radical (unpaired) electrons. The molecule has 0 atom stereocenters. The Bertz CT molecular complexity index is 636. The van der Waals surface area contributed by atoms with Gasteiger partial charge in [-0.15, -0.1) is 0 Å². The summed E-state index contributed by atoms with van der Waals surface area (Å²) in [4.78, 5) is 16.5. The van der Waals surface area contributed by atoms with Crippen molar-refractivity contribution >= 4 is 23.2 Å². The summed E-state index contributed by atoms with van der Waals surface area (Å²) in [6.07, 6.45) is 3.52. The van der Waals surface area contributed by atoms with Gasteiger partial charge >= 0.3 is 0 Å². The number of halogens is 1. The molecule has 0 aliphatic carbocycles. The van der Waals surface area contributed by atoms with Crippen LogP contribution in [0.4, 0.5) is 5.69 Å². The lowest BCUT2D eigenvalue weighted by molar-refractivity contribution is 0.102. The summed E-state index contributed by atoms with van der Waals surface area (Å²) in [5, 5.41) is 7.36. The van der Waals surface area contributed by atoms with E-state index in [1.165, 1.54) is 0 Å². The predicted octanol–water partition coefficient (Wildman–Crippen LogP) is 2.98. The average Bonchev–Trinajstić information content (AvgIpc) is 2.67. The Labute approximate surface area is 123 Å². The fraction of sp³-hybridized carbons (Fsp3) is 0.357. The van der Waals surface area contributed by atoms with Gasteiger partial charge in [-0.05, 0) is 25.5 Å². The Balaban J connectivity index is 2.22. The van der Waals surface area contributed by atoms with Gasteiger partial charge in [-0.25, -0.2) is 4.98 Å². The van der Waals surface area contributed by atoms with Crippen molar-refractivity contribution in [2.24, 2.45) is 7.05 Å². The summed E-state index contributed by atoms with van der Waals surface area (Å²) in [7, 11) is 1.81. The molecule has 2 heterocycles. The molecule has 6 heteroatoms. The molecule has 1 N–H and O–H groups in total. The number of rotatable bonds is 4. The normalized spacial score (nSPS) is 10.6. The van der Waals surface area contributed by atoms with Crippen molar-refractivity contribution in [2.45, 2.75) is 26.7 Å². The van der Waals surface area contributed by atoms with Crippen LogP contribution < -0.4 is 5.32 Å². The number of carbonyl (C=O) groups is 1. The van der Waals surface area contributed by atoms with E-state index in [4.69, 9.17) is 11.6 Å². The number of carbonyl (C=O) groups excluding carboxylic acids is 1. The van der Waals surface area contributed by atoms with E-state index in [1.807, 2.05) is 14.0 Å². The lowest BCUT2D eigenvalue weighted by Crippen LogP contribution is -2.13. The van der Waals surface area contributed by atoms with E-state index >= 15 is 0 Å². The van der Waals surface area contributed by atoms with Gasteiger partial charge in [0.2, 0.25) is 0 Å². The summed E-state index contributed by atoms with van der Waals surface area (Å²) in [6, 6.07) is 3.35. The predicted molar refractivity (Wildman–Crippen MR) is 79.1 cm³/mol. The van der Waals surface area contributed by atoms with Crippen LogP contribution in [0.5, 0.6) is 0 Å². The third-order valence-electron chi connectivity index (χ3n) is 2.88. The van der Waals surface area contributed by atoms with Gasteiger partial charge in [0, 0.05) is 24.5 Å². The van der Waals surface area contributed by atoms with Crippen LogP contribution >= 0.6 is 11.6 Å². The minimum absolute atomic E-state index is 0.206. The zero-order valence-electron chi connectivity index (χ0n) is 11.8. The minimum atomic E-state index is -0.206. The second-order valence-corrected chi connectivity index (χ2v) is 5.06. The molecule has 0 bridgehead atoms. The Morgan fingerprint density at radius 1 is 1.45 bits per heavy atom. The van der Waals surface area contributed by atoms with Crippen LogP contribution in [-0.2, 0) is 13.5 Å². The van der Waals surface area contributed by atoms with Crippen molar-refractivity contribution < 1.29 is 4.79 Å². The first-order chi connectivity index (χ1) is 9.49. The van der Waals surface area contributed by atoms with Gasteiger partial charge in [-0.2, -0.15) is 5.10 Å². The second kappa shape index (κ2) is 6.05. The number of nitrogens with zero attached hydrogens (tertiary/aromatic N) is 3. The van der Waals surface area contributed by atoms with Crippen LogP contribution in [0.15, 0.2) is 18.3 Å². The number of pyridine rings is 1. The van der Waals surface area contributed by atoms with Crippen molar-refractivity contribution in [1.82, 2.24) is 14.8 Å². The van der Waals surface area contributed by atoms with Crippen molar-refractivity contribution in [3.63, 3.8) is 0 Å². The van der Waals surface area contributed by atoms with E-state index in [-0.39, 0.29) is 5.91 Å². The minimum Gasteiger partial charge on any atom is -0.319 e. The maximum atomic E-state index is 12.2. The highest BCUT2D eigenvalue weighted by Gasteiger charge is 2.12. The summed E-state index contributed by atoms with van der Waals surface area (Å²) in [6.45, 7) is 3.90. The van der Waals surface area contributed by atoms with Gasteiger partial charge in [-0.1, -0.05) is 24.9 Å². The number of hydrogen-bond donors (Lipinski definition) is 1. The first-order valence-corrected chi connectivity index (χ1v) is 6.85. The Morgan fingerprint density at radius 3 is 2.80 bits per heavy atom. The summed E-state index contributed by atoms with van der Waals surface area (Å²) >= 11 is 5.96. The molecule has 0 aliphatic rings. The third-order valence-corrected chi connectivity index (χ3v) is 3.07. The van der Waals surface area contributed by atoms with Gasteiger partial charge < -0.3 is 5.32 Å². The van der Waals surface area contributed by atoms with Crippen LogP contribution in [-0.4, -0.2) is 20.7 Å². The van der Waals surface area contributed by atoms with Crippen molar-refractivity contribution in [1.29, 1.82) is 0 Å². The van der Waals surface area contributed by atoms with Crippen LogP contribution in [0, 0.1) is 6.92 Å². The van der Waals surface area contributed by atoms with E-state index in [0.717, 1.165) is 24.2 Å². The molecule has 2 aromatic heterocycles. The number of hydrogen-bond acceptors (Lipinski definition) is 3. The lowest BCUT2D eigenvalue weighted by Gasteiger charge is -2.06. The number of anilines is 1. The SMILES string of the molecule is CCCc1cc(C(=O)Nc2cn(C)nc2C)cc(Cl)n1. The van der Waals surface area contributed by atoms with Crippen LogP contribution in [0.3, 0.4) is 0 Å². The number of aryl methyl sites for hydroxylation is 3. The average molecular weight is 293 g/mol. The molecule has 2 aromatic rings. The molecular formula is C14H17ClN4O. The molecule has 0 saturated heterocycles. The molecule has 0 spiro atoms. The molecule has 2 rings (SSSR count). The quantitative estimate of drug-likeness (QED) is 0.881. The molecule has 20 heavy (non-hydrogen) atoms. The summed E-state index contributed by atoms with van der Waals surface area (Å²) in [5.74, 6) is -0.206. The largest absolute Gasteiger partial charge is 0.319 e. The van der Waals surface area contributed by atoms with Crippen molar-refractivity contribution in [3.8, 4) is 0 Å². The number of amides is 1.